The van der Waals surface area contributed by atoms with E-state index in [1.165, 1.54) is 11.8 Å². The Morgan fingerprint density at radius 1 is 1.09 bits per heavy atom. The monoisotopic (exact) mass is 552 g/mol. The molecule has 8 nitrogen and oxygen atoms in total. The molecule has 172 valence electrons. The van der Waals surface area contributed by atoms with Crippen LogP contribution in [0.15, 0.2) is 46.0 Å². The van der Waals surface area contributed by atoms with E-state index < -0.39 is 0 Å². The highest BCUT2D eigenvalue weighted by atomic mass is 127. The lowest BCUT2D eigenvalue weighted by atomic mass is 9.96. The third-order valence-electron chi connectivity index (χ3n) is 6.30. The van der Waals surface area contributed by atoms with Gasteiger partial charge in [0, 0.05) is 38.1 Å². The maximum absolute atomic E-state index is 12.5. The number of nitrogens with one attached hydrogen (secondary N) is 1. The lowest BCUT2D eigenvalue weighted by molar-refractivity contribution is 0.0657. The SMILES string of the molecule is CCNC(=NCC1(c2ccc3c(c2)OCO3)CC1)N1CCN(C(=O)c2ccco2)CC1.I. The third-order valence-corrected chi connectivity index (χ3v) is 6.30. The molecule has 3 heterocycles. The minimum atomic E-state index is -0.0497. The van der Waals surface area contributed by atoms with Gasteiger partial charge in [0.2, 0.25) is 6.79 Å². The van der Waals surface area contributed by atoms with Gasteiger partial charge in [0.25, 0.3) is 5.91 Å². The molecule has 0 radical (unpaired) electrons. The number of rotatable bonds is 5. The molecule has 0 unspecified atom stereocenters. The quantitative estimate of drug-likeness (QED) is 0.349. The highest BCUT2D eigenvalue weighted by molar-refractivity contribution is 14.0. The van der Waals surface area contributed by atoms with E-state index >= 15 is 0 Å². The first-order valence-electron chi connectivity index (χ1n) is 10.9. The fourth-order valence-corrected chi connectivity index (χ4v) is 4.24. The molecule has 32 heavy (non-hydrogen) atoms. The molecule has 0 atom stereocenters. The number of amides is 1. The van der Waals surface area contributed by atoms with Crippen molar-refractivity contribution in [3.63, 3.8) is 0 Å². The minimum absolute atomic E-state index is 0. The number of fused-ring (bicyclic) bond motifs is 1. The maximum atomic E-state index is 12.5. The Morgan fingerprint density at radius 2 is 1.84 bits per heavy atom. The number of nitrogens with zero attached hydrogens (tertiary/aromatic N) is 3. The van der Waals surface area contributed by atoms with E-state index in [4.69, 9.17) is 18.9 Å². The molecule has 0 bridgehead atoms. The number of aliphatic imine (C=N–C) groups is 1. The Labute approximate surface area is 205 Å². The fourth-order valence-electron chi connectivity index (χ4n) is 4.24. The molecule has 1 aliphatic carbocycles. The predicted octanol–water partition coefficient (Wildman–Crippen LogP) is 3.08. The van der Waals surface area contributed by atoms with Crippen LogP contribution >= 0.6 is 24.0 Å². The van der Waals surface area contributed by atoms with Gasteiger partial charge in [-0.1, -0.05) is 6.07 Å². The van der Waals surface area contributed by atoms with Gasteiger partial charge in [0.05, 0.1) is 12.8 Å². The molecule has 1 aromatic carbocycles. The Bertz CT molecular complexity index is 966. The van der Waals surface area contributed by atoms with Crippen LogP contribution in [-0.4, -0.2) is 67.7 Å². The summed E-state index contributed by atoms with van der Waals surface area (Å²) in [4.78, 5) is 21.6. The second-order valence-corrected chi connectivity index (χ2v) is 8.28. The third kappa shape index (κ3) is 4.53. The molecule has 1 N–H and O–H groups in total. The summed E-state index contributed by atoms with van der Waals surface area (Å²) in [7, 11) is 0. The number of halogens is 1. The Hall–Kier alpha value is -2.43. The summed E-state index contributed by atoms with van der Waals surface area (Å²) in [6.45, 7) is 6.71. The molecule has 5 rings (SSSR count). The van der Waals surface area contributed by atoms with Crippen molar-refractivity contribution < 1.29 is 18.7 Å². The molecule has 1 saturated heterocycles. The first kappa shape index (κ1) is 22.8. The normalized spacial score (nSPS) is 18.8. The van der Waals surface area contributed by atoms with Crippen molar-refractivity contribution in [1.82, 2.24) is 15.1 Å². The molecule has 2 aliphatic heterocycles. The first-order valence-corrected chi connectivity index (χ1v) is 10.9. The Kier molecular flexibility index (Phi) is 6.82. The van der Waals surface area contributed by atoms with Gasteiger partial charge >= 0.3 is 0 Å². The van der Waals surface area contributed by atoms with Crippen molar-refractivity contribution in [3.8, 4) is 11.5 Å². The zero-order valence-electron chi connectivity index (χ0n) is 18.2. The summed E-state index contributed by atoms with van der Waals surface area (Å²) < 4.78 is 16.3. The molecule has 9 heteroatoms. The van der Waals surface area contributed by atoms with Gasteiger partial charge in [-0.3, -0.25) is 9.79 Å². The van der Waals surface area contributed by atoms with E-state index in [1.807, 2.05) is 11.0 Å². The summed E-state index contributed by atoms with van der Waals surface area (Å²) in [5.74, 6) is 2.91. The largest absolute Gasteiger partial charge is 0.459 e. The number of carbonyl (C=O) groups excluding carboxylic acids is 1. The second kappa shape index (κ2) is 9.60. The molecular weight excluding hydrogens is 523 g/mol. The zero-order chi connectivity index (χ0) is 21.3. The lowest BCUT2D eigenvalue weighted by Gasteiger charge is -2.36. The topological polar surface area (TPSA) is 79.5 Å². The molecule has 0 spiro atoms. The Balaban J connectivity index is 0.00000245. The molecular formula is C23H29IN4O4. The van der Waals surface area contributed by atoms with Crippen molar-refractivity contribution in [2.75, 3.05) is 46.1 Å². The number of carbonyl (C=O) groups is 1. The van der Waals surface area contributed by atoms with Crippen molar-refractivity contribution in [3.05, 3.63) is 47.9 Å². The summed E-state index contributed by atoms with van der Waals surface area (Å²) in [5.41, 5.74) is 1.35. The van der Waals surface area contributed by atoms with Crippen molar-refractivity contribution in [1.29, 1.82) is 0 Å². The van der Waals surface area contributed by atoms with Crippen LogP contribution in [-0.2, 0) is 5.41 Å². The van der Waals surface area contributed by atoms with Crippen molar-refractivity contribution >= 4 is 35.8 Å². The molecule has 1 aromatic heterocycles. The molecule has 3 aliphatic rings. The lowest BCUT2D eigenvalue weighted by Crippen LogP contribution is -2.53. The molecule has 2 fully saturated rings. The van der Waals surface area contributed by atoms with Crippen LogP contribution in [0, 0.1) is 0 Å². The number of hydrogen-bond donors (Lipinski definition) is 1. The average Bonchev–Trinajstić information content (AvgIpc) is 3.18. The van der Waals surface area contributed by atoms with Crippen LogP contribution in [0.3, 0.4) is 0 Å². The van der Waals surface area contributed by atoms with E-state index in [0.29, 0.717) is 25.6 Å². The van der Waals surface area contributed by atoms with E-state index in [2.05, 4.69) is 29.3 Å². The molecule has 1 saturated carbocycles. The zero-order valence-corrected chi connectivity index (χ0v) is 20.5. The van der Waals surface area contributed by atoms with Crippen LogP contribution < -0.4 is 14.8 Å². The maximum Gasteiger partial charge on any atom is 0.289 e. The standard InChI is InChI=1S/C23H28N4O4.HI/c1-2-24-22(27-11-9-26(10-12-27)21(28)19-4-3-13-29-19)25-15-23(7-8-23)17-5-6-18-20(14-17)31-16-30-18;/h3-6,13-14H,2,7-12,15-16H2,1H3,(H,24,25);1H. The van der Waals surface area contributed by atoms with Crippen LogP contribution in [0.5, 0.6) is 11.5 Å². The number of guanidine groups is 1. The summed E-state index contributed by atoms with van der Waals surface area (Å²) in [6, 6.07) is 9.71. The van der Waals surface area contributed by atoms with Gasteiger partial charge in [0.15, 0.2) is 23.2 Å². The van der Waals surface area contributed by atoms with Crippen molar-refractivity contribution in [2.45, 2.75) is 25.2 Å². The summed E-state index contributed by atoms with van der Waals surface area (Å²) >= 11 is 0. The van der Waals surface area contributed by atoms with Gasteiger partial charge in [-0.2, -0.15) is 0 Å². The predicted molar refractivity (Wildman–Crippen MR) is 131 cm³/mol. The van der Waals surface area contributed by atoms with Crippen molar-refractivity contribution in [2.24, 2.45) is 4.99 Å². The van der Waals surface area contributed by atoms with Gasteiger partial charge in [-0.25, -0.2) is 0 Å². The van der Waals surface area contributed by atoms with Gasteiger partial charge in [-0.05, 0) is 49.6 Å². The van der Waals surface area contributed by atoms with Gasteiger partial charge in [0.1, 0.15) is 0 Å². The number of ether oxygens (including phenoxy) is 2. The first-order chi connectivity index (χ1) is 15.2. The van der Waals surface area contributed by atoms with Crippen LogP contribution in [0.4, 0.5) is 0 Å². The summed E-state index contributed by atoms with van der Waals surface area (Å²) in [5, 5.41) is 3.43. The fraction of sp³-hybridized carbons (Fsp3) is 0.478. The Morgan fingerprint density at radius 3 is 2.53 bits per heavy atom. The summed E-state index contributed by atoms with van der Waals surface area (Å²) in [6.07, 6.45) is 3.79. The number of piperazine rings is 1. The van der Waals surface area contributed by atoms with Gasteiger partial charge < -0.3 is 29.0 Å². The smallest absolute Gasteiger partial charge is 0.289 e. The molecule has 1 amide bonds. The average molecular weight is 552 g/mol. The van der Waals surface area contributed by atoms with E-state index in [-0.39, 0.29) is 35.3 Å². The number of hydrogen-bond acceptors (Lipinski definition) is 5. The van der Waals surface area contributed by atoms with Crippen LogP contribution in [0.1, 0.15) is 35.9 Å². The van der Waals surface area contributed by atoms with E-state index in [9.17, 15) is 4.79 Å². The second-order valence-electron chi connectivity index (χ2n) is 8.28. The minimum Gasteiger partial charge on any atom is -0.459 e. The van der Waals surface area contributed by atoms with E-state index in [1.54, 1.807) is 12.1 Å². The number of furan rings is 1. The van der Waals surface area contributed by atoms with Gasteiger partial charge in [-0.15, -0.1) is 24.0 Å². The van der Waals surface area contributed by atoms with E-state index in [0.717, 1.165) is 56.5 Å². The number of benzene rings is 1. The van der Waals surface area contributed by atoms with Crippen LogP contribution in [0.2, 0.25) is 0 Å². The highest BCUT2D eigenvalue weighted by Crippen LogP contribution is 2.50. The highest BCUT2D eigenvalue weighted by Gasteiger charge is 2.45. The molecule has 2 aromatic rings. The van der Waals surface area contributed by atoms with Crippen LogP contribution in [0.25, 0.3) is 0 Å².